The molecule has 2 aliphatic rings. The number of methoxy groups -OCH3 is 1. The minimum absolute atomic E-state index is 0.135. The zero-order chi connectivity index (χ0) is 16.0. The first-order chi connectivity index (χ1) is 11.2. The number of carbonyl (C=O) groups is 1. The number of aromatic nitrogens is 1. The lowest BCUT2D eigenvalue weighted by Crippen LogP contribution is -2.45. The Morgan fingerprint density at radius 1 is 1.35 bits per heavy atom. The summed E-state index contributed by atoms with van der Waals surface area (Å²) in [5.41, 5.74) is 2.68. The van der Waals surface area contributed by atoms with E-state index < -0.39 is 11.4 Å². The number of aromatic amines is 1. The van der Waals surface area contributed by atoms with Gasteiger partial charge in [-0.25, -0.2) is 0 Å². The first-order valence-corrected chi connectivity index (χ1v) is 8.31. The van der Waals surface area contributed by atoms with Crippen molar-refractivity contribution in [3.05, 3.63) is 29.5 Å². The van der Waals surface area contributed by atoms with Crippen molar-refractivity contribution in [3.63, 3.8) is 0 Å². The van der Waals surface area contributed by atoms with Crippen LogP contribution in [0.4, 0.5) is 0 Å². The summed E-state index contributed by atoms with van der Waals surface area (Å²) in [4.78, 5) is 15.6. The summed E-state index contributed by atoms with van der Waals surface area (Å²) in [5.74, 6) is 0.166. The maximum Gasteiger partial charge on any atom is 0.311 e. The molecule has 1 unspecified atom stereocenters. The molecule has 2 aromatic rings. The first kappa shape index (κ1) is 14.6. The lowest BCUT2D eigenvalue weighted by Gasteiger charge is -2.37. The van der Waals surface area contributed by atoms with Gasteiger partial charge in [0.05, 0.1) is 18.6 Å². The van der Waals surface area contributed by atoms with E-state index in [1.165, 1.54) is 5.56 Å². The SMILES string of the molecule is COc1ccc2[nH]c3c(c2c1)CCNC3C1(C(=O)O)CCCC1. The van der Waals surface area contributed by atoms with Crippen molar-refractivity contribution >= 4 is 16.9 Å². The lowest BCUT2D eigenvalue weighted by molar-refractivity contribution is -0.151. The van der Waals surface area contributed by atoms with Crippen LogP contribution in [0.25, 0.3) is 10.9 Å². The average Bonchev–Trinajstić information content (AvgIpc) is 3.19. The van der Waals surface area contributed by atoms with E-state index in [2.05, 4.69) is 16.4 Å². The highest BCUT2D eigenvalue weighted by atomic mass is 16.5. The van der Waals surface area contributed by atoms with Gasteiger partial charge in [0.25, 0.3) is 0 Å². The zero-order valence-corrected chi connectivity index (χ0v) is 13.3. The van der Waals surface area contributed by atoms with E-state index in [0.717, 1.165) is 61.0 Å². The molecule has 3 N–H and O–H groups in total. The molecule has 0 amide bonds. The molecule has 5 nitrogen and oxygen atoms in total. The van der Waals surface area contributed by atoms with Gasteiger partial charge in [-0.2, -0.15) is 0 Å². The molecule has 4 rings (SSSR count). The lowest BCUT2D eigenvalue weighted by atomic mass is 9.75. The van der Waals surface area contributed by atoms with Gasteiger partial charge in [0.15, 0.2) is 0 Å². The van der Waals surface area contributed by atoms with Gasteiger partial charge < -0.3 is 20.1 Å². The number of carboxylic acid groups (broad SMARTS) is 1. The van der Waals surface area contributed by atoms with Gasteiger partial charge in [0.2, 0.25) is 0 Å². The highest BCUT2D eigenvalue weighted by Gasteiger charge is 2.50. The number of carboxylic acids is 1. The third-order valence-corrected chi connectivity index (χ3v) is 5.63. The summed E-state index contributed by atoms with van der Waals surface area (Å²) in [6.07, 6.45) is 4.40. The second kappa shape index (κ2) is 5.27. The second-order valence-electron chi connectivity index (χ2n) is 6.73. The average molecular weight is 314 g/mol. The van der Waals surface area contributed by atoms with Gasteiger partial charge in [-0.1, -0.05) is 12.8 Å². The maximum absolute atomic E-state index is 12.1. The summed E-state index contributed by atoms with van der Waals surface area (Å²) in [5, 5.41) is 14.6. The molecule has 1 fully saturated rings. The topological polar surface area (TPSA) is 74.3 Å². The summed E-state index contributed by atoms with van der Waals surface area (Å²) >= 11 is 0. The van der Waals surface area contributed by atoms with Gasteiger partial charge >= 0.3 is 5.97 Å². The number of H-pyrrole nitrogens is 1. The number of hydrogen-bond donors (Lipinski definition) is 3. The molecule has 2 heterocycles. The number of aliphatic carboxylic acids is 1. The number of hydrogen-bond acceptors (Lipinski definition) is 3. The smallest absolute Gasteiger partial charge is 0.311 e. The monoisotopic (exact) mass is 314 g/mol. The van der Waals surface area contributed by atoms with E-state index in [1.807, 2.05) is 12.1 Å². The van der Waals surface area contributed by atoms with Gasteiger partial charge in [0, 0.05) is 16.6 Å². The van der Waals surface area contributed by atoms with Crippen LogP contribution in [0.3, 0.4) is 0 Å². The van der Waals surface area contributed by atoms with Crippen molar-refractivity contribution in [3.8, 4) is 5.75 Å². The van der Waals surface area contributed by atoms with Crippen LogP contribution in [0.2, 0.25) is 0 Å². The number of fused-ring (bicyclic) bond motifs is 3. The van der Waals surface area contributed by atoms with Gasteiger partial charge in [0.1, 0.15) is 5.75 Å². The third kappa shape index (κ3) is 2.06. The Balaban J connectivity index is 1.86. The number of ether oxygens (including phenoxy) is 1. The minimum atomic E-state index is -0.680. The van der Waals surface area contributed by atoms with Crippen molar-refractivity contribution < 1.29 is 14.6 Å². The minimum Gasteiger partial charge on any atom is -0.497 e. The summed E-state index contributed by atoms with van der Waals surface area (Å²) in [7, 11) is 1.67. The molecule has 122 valence electrons. The zero-order valence-electron chi connectivity index (χ0n) is 13.3. The molecule has 0 radical (unpaired) electrons. The van der Waals surface area contributed by atoms with E-state index in [1.54, 1.807) is 7.11 Å². The van der Waals surface area contributed by atoms with E-state index in [4.69, 9.17) is 4.74 Å². The summed E-state index contributed by atoms with van der Waals surface area (Å²) < 4.78 is 5.34. The molecule has 1 aromatic carbocycles. The van der Waals surface area contributed by atoms with E-state index in [9.17, 15) is 9.90 Å². The van der Waals surface area contributed by atoms with E-state index >= 15 is 0 Å². The second-order valence-corrected chi connectivity index (χ2v) is 6.73. The van der Waals surface area contributed by atoms with Crippen LogP contribution < -0.4 is 10.1 Å². The molecule has 1 saturated carbocycles. The van der Waals surface area contributed by atoms with Gasteiger partial charge in [-0.3, -0.25) is 4.79 Å². The van der Waals surface area contributed by atoms with E-state index in [0.29, 0.717) is 0 Å². The van der Waals surface area contributed by atoms with Crippen LogP contribution >= 0.6 is 0 Å². The van der Waals surface area contributed by atoms with Crippen LogP contribution in [0.5, 0.6) is 5.75 Å². The quantitative estimate of drug-likeness (QED) is 0.814. The molecule has 0 spiro atoms. The Morgan fingerprint density at radius 3 is 2.83 bits per heavy atom. The van der Waals surface area contributed by atoms with Crippen LogP contribution in [-0.2, 0) is 11.2 Å². The molecule has 1 aliphatic heterocycles. The molecule has 0 saturated heterocycles. The number of rotatable bonds is 3. The molecular weight excluding hydrogens is 292 g/mol. The van der Waals surface area contributed by atoms with Crippen LogP contribution in [0.15, 0.2) is 18.2 Å². The largest absolute Gasteiger partial charge is 0.497 e. The summed E-state index contributed by atoms with van der Waals surface area (Å²) in [6, 6.07) is 5.88. The predicted molar refractivity (Wildman–Crippen MR) is 87.8 cm³/mol. The van der Waals surface area contributed by atoms with Gasteiger partial charge in [-0.15, -0.1) is 0 Å². The van der Waals surface area contributed by atoms with Crippen LogP contribution in [-0.4, -0.2) is 29.7 Å². The van der Waals surface area contributed by atoms with Crippen molar-refractivity contribution in [2.45, 2.75) is 38.1 Å². The van der Waals surface area contributed by atoms with Gasteiger partial charge in [-0.05, 0) is 49.6 Å². The van der Waals surface area contributed by atoms with Crippen LogP contribution in [0.1, 0.15) is 43.0 Å². The Bertz CT molecular complexity index is 759. The predicted octanol–water partition coefficient (Wildman–Crippen LogP) is 3.01. The highest BCUT2D eigenvalue weighted by molar-refractivity contribution is 5.87. The van der Waals surface area contributed by atoms with Crippen molar-refractivity contribution in [1.82, 2.24) is 10.3 Å². The third-order valence-electron chi connectivity index (χ3n) is 5.63. The van der Waals surface area contributed by atoms with Crippen molar-refractivity contribution in [2.24, 2.45) is 5.41 Å². The highest BCUT2D eigenvalue weighted by Crippen LogP contribution is 2.50. The van der Waals surface area contributed by atoms with Crippen LogP contribution in [0, 0.1) is 5.41 Å². The standard InChI is InChI=1S/C18H22N2O3/c1-23-11-4-5-14-13(10-11)12-6-9-19-16(15(12)20-14)18(17(21)22)7-2-3-8-18/h4-5,10,16,19-20H,2-3,6-9H2,1H3,(H,21,22). The fourth-order valence-electron chi connectivity index (χ4n) is 4.44. The first-order valence-electron chi connectivity index (χ1n) is 8.31. The Morgan fingerprint density at radius 2 is 2.13 bits per heavy atom. The molecule has 0 bridgehead atoms. The fourth-order valence-corrected chi connectivity index (χ4v) is 4.44. The fraction of sp³-hybridized carbons (Fsp3) is 0.500. The molecular formula is C18H22N2O3. The normalized spacial score (nSPS) is 22.9. The van der Waals surface area contributed by atoms with E-state index in [-0.39, 0.29) is 6.04 Å². The van der Waals surface area contributed by atoms with Crippen molar-refractivity contribution in [1.29, 1.82) is 0 Å². The molecule has 5 heteroatoms. The molecule has 1 aliphatic carbocycles. The summed E-state index contributed by atoms with van der Waals surface area (Å²) in [6.45, 7) is 0.816. The number of nitrogens with one attached hydrogen (secondary N) is 2. The molecule has 1 atom stereocenters. The maximum atomic E-state index is 12.1. The Hall–Kier alpha value is -2.01. The Labute approximate surface area is 135 Å². The van der Waals surface area contributed by atoms with Crippen molar-refractivity contribution in [2.75, 3.05) is 13.7 Å². The molecule has 23 heavy (non-hydrogen) atoms. The Kier molecular flexibility index (Phi) is 3.34. The number of benzene rings is 1. The molecule has 1 aromatic heterocycles.